The molecule has 0 radical (unpaired) electrons. The molecule has 0 fully saturated rings. The molecule has 1 N–H and O–H groups in total. The van der Waals surface area contributed by atoms with Crippen molar-refractivity contribution in [2.45, 2.75) is 53.5 Å². The van der Waals surface area contributed by atoms with Gasteiger partial charge in [-0.2, -0.15) is 0 Å². The summed E-state index contributed by atoms with van der Waals surface area (Å²) in [6, 6.07) is 9.53. The number of nitrogens with one attached hydrogen (secondary N) is 1. The normalized spacial score (nSPS) is 20.7. The van der Waals surface area contributed by atoms with Crippen LogP contribution in [0.15, 0.2) is 24.3 Å². The average molecular weight is 288 g/mol. The lowest BCUT2D eigenvalue weighted by Crippen LogP contribution is -2.44. The van der Waals surface area contributed by atoms with Gasteiger partial charge in [-0.1, -0.05) is 45.9 Å². The molecular formula is C19H32N2. The highest BCUT2D eigenvalue weighted by molar-refractivity contribution is 5.59. The van der Waals surface area contributed by atoms with E-state index in [1.165, 1.54) is 24.1 Å². The van der Waals surface area contributed by atoms with Crippen molar-refractivity contribution in [2.75, 3.05) is 24.5 Å². The number of fused-ring (bicyclic) bond motifs is 1. The number of para-hydroxylation sites is 1. The summed E-state index contributed by atoms with van der Waals surface area (Å²) in [7, 11) is 0. The monoisotopic (exact) mass is 288 g/mol. The Bertz CT molecular complexity index is 455. The Hall–Kier alpha value is -1.02. The lowest BCUT2D eigenvalue weighted by molar-refractivity contribution is 0.285. The Morgan fingerprint density at radius 1 is 1.33 bits per heavy atom. The summed E-state index contributed by atoms with van der Waals surface area (Å²) in [4.78, 5) is 2.62. The third-order valence-electron chi connectivity index (χ3n) is 4.86. The zero-order valence-electron chi connectivity index (χ0n) is 14.4. The van der Waals surface area contributed by atoms with Crippen LogP contribution in [0.25, 0.3) is 0 Å². The van der Waals surface area contributed by atoms with Crippen LogP contribution >= 0.6 is 0 Å². The first kappa shape index (κ1) is 16.4. The first-order valence-corrected chi connectivity index (χ1v) is 8.50. The van der Waals surface area contributed by atoms with E-state index in [0.717, 1.165) is 25.6 Å². The van der Waals surface area contributed by atoms with Crippen LogP contribution in [0.4, 0.5) is 5.69 Å². The van der Waals surface area contributed by atoms with Gasteiger partial charge in [-0.25, -0.2) is 0 Å². The van der Waals surface area contributed by atoms with E-state index in [-0.39, 0.29) is 0 Å². The van der Waals surface area contributed by atoms with Gasteiger partial charge < -0.3 is 10.2 Å². The molecule has 21 heavy (non-hydrogen) atoms. The highest BCUT2D eigenvalue weighted by Gasteiger charge is 2.32. The standard InChI is InChI=1S/C19H32N2/c1-6-19(5,13-20-12-15(2)3)14-21-16(4)11-17-9-7-8-10-18(17)21/h7-10,15-16,20H,6,11-14H2,1-5H3. The third kappa shape index (κ3) is 4.00. The Morgan fingerprint density at radius 2 is 2.05 bits per heavy atom. The van der Waals surface area contributed by atoms with E-state index in [1.54, 1.807) is 0 Å². The van der Waals surface area contributed by atoms with E-state index in [4.69, 9.17) is 0 Å². The lowest BCUT2D eigenvalue weighted by Gasteiger charge is -2.37. The molecule has 0 spiro atoms. The maximum absolute atomic E-state index is 3.66. The summed E-state index contributed by atoms with van der Waals surface area (Å²) < 4.78 is 0. The maximum atomic E-state index is 3.66. The van der Waals surface area contributed by atoms with Gasteiger partial charge in [-0.15, -0.1) is 0 Å². The number of rotatable bonds is 7. The number of benzene rings is 1. The van der Waals surface area contributed by atoms with Crippen molar-refractivity contribution in [2.24, 2.45) is 11.3 Å². The van der Waals surface area contributed by atoms with E-state index in [0.29, 0.717) is 11.5 Å². The Labute approximate surface area is 130 Å². The highest BCUT2D eigenvalue weighted by Crippen LogP contribution is 2.35. The van der Waals surface area contributed by atoms with Crippen molar-refractivity contribution in [3.05, 3.63) is 29.8 Å². The summed E-state index contributed by atoms with van der Waals surface area (Å²) in [5, 5.41) is 3.66. The van der Waals surface area contributed by atoms with E-state index < -0.39 is 0 Å². The van der Waals surface area contributed by atoms with Crippen molar-refractivity contribution in [1.82, 2.24) is 5.32 Å². The molecule has 2 nitrogen and oxygen atoms in total. The van der Waals surface area contributed by atoms with Gasteiger partial charge in [0, 0.05) is 24.8 Å². The van der Waals surface area contributed by atoms with Crippen LogP contribution in [0, 0.1) is 11.3 Å². The minimum absolute atomic E-state index is 0.334. The summed E-state index contributed by atoms with van der Waals surface area (Å²) in [6.45, 7) is 15.0. The molecule has 0 aliphatic carbocycles. The molecule has 1 aromatic rings. The third-order valence-corrected chi connectivity index (χ3v) is 4.86. The zero-order chi connectivity index (χ0) is 15.5. The molecule has 0 bridgehead atoms. The topological polar surface area (TPSA) is 15.3 Å². The molecule has 0 saturated carbocycles. The molecule has 0 aromatic heterocycles. The Balaban J connectivity index is 2.04. The van der Waals surface area contributed by atoms with Gasteiger partial charge in [-0.3, -0.25) is 0 Å². The summed E-state index contributed by atoms with van der Waals surface area (Å²) >= 11 is 0. The van der Waals surface area contributed by atoms with Gasteiger partial charge in [0.25, 0.3) is 0 Å². The maximum Gasteiger partial charge on any atom is 0.0402 e. The first-order valence-electron chi connectivity index (χ1n) is 8.50. The van der Waals surface area contributed by atoms with Gasteiger partial charge in [0.2, 0.25) is 0 Å². The van der Waals surface area contributed by atoms with E-state index in [2.05, 4.69) is 69.1 Å². The quantitative estimate of drug-likeness (QED) is 0.812. The van der Waals surface area contributed by atoms with Gasteiger partial charge >= 0.3 is 0 Å². The fourth-order valence-corrected chi connectivity index (χ4v) is 3.24. The number of hydrogen-bond acceptors (Lipinski definition) is 2. The molecular weight excluding hydrogens is 256 g/mol. The SMILES string of the molecule is CCC(C)(CNCC(C)C)CN1c2ccccc2CC1C. The number of hydrogen-bond donors (Lipinski definition) is 1. The summed E-state index contributed by atoms with van der Waals surface area (Å²) in [5.41, 5.74) is 3.30. The van der Waals surface area contributed by atoms with Gasteiger partial charge in [0.1, 0.15) is 0 Å². The van der Waals surface area contributed by atoms with Crippen LogP contribution in [0.3, 0.4) is 0 Å². The fraction of sp³-hybridized carbons (Fsp3) is 0.684. The van der Waals surface area contributed by atoms with Crippen molar-refractivity contribution in [1.29, 1.82) is 0 Å². The van der Waals surface area contributed by atoms with Gasteiger partial charge in [0.05, 0.1) is 0 Å². The minimum Gasteiger partial charge on any atom is -0.368 e. The molecule has 2 heteroatoms. The molecule has 1 heterocycles. The average Bonchev–Trinajstić information content (AvgIpc) is 2.75. The zero-order valence-corrected chi connectivity index (χ0v) is 14.4. The predicted molar refractivity (Wildman–Crippen MR) is 93.1 cm³/mol. The molecule has 2 unspecified atom stereocenters. The Kier molecular flexibility index (Phi) is 5.32. The van der Waals surface area contributed by atoms with Crippen molar-refractivity contribution in [3.63, 3.8) is 0 Å². The van der Waals surface area contributed by atoms with E-state index in [9.17, 15) is 0 Å². The first-order chi connectivity index (χ1) is 9.95. The lowest BCUT2D eigenvalue weighted by atomic mass is 9.86. The summed E-state index contributed by atoms with van der Waals surface area (Å²) in [5.74, 6) is 0.720. The largest absolute Gasteiger partial charge is 0.368 e. The Morgan fingerprint density at radius 3 is 2.71 bits per heavy atom. The van der Waals surface area contributed by atoms with Crippen molar-refractivity contribution >= 4 is 5.69 Å². The highest BCUT2D eigenvalue weighted by atomic mass is 15.2. The second-order valence-corrected chi connectivity index (χ2v) is 7.50. The van der Waals surface area contributed by atoms with Crippen LogP contribution < -0.4 is 10.2 Å². The molecule has 1 aliphatic rings. The minimum atomic E-state index is 0.334. The van der Waals surface area contributed by atoms with Crippen LogP contribution in [0.1, 0.15) is 46.6 Å². The molecule has 1 aromatic carbocycles. The van der Waals surface area contributed by atoms with Crippen LogP contribution in [-0.4, -0.2) is 25.7 Å². The molecule has 1 aliphatic heterocycles. The number of anilines is 1. The molecule has 2 atom stereocenters. The second kappa shape index (κ2) is 6.83. The van der Waals surface area contributed by atoms with E-state index >= 15 is 0 Å². The number of nitrogens with zero attached hydrogens (tertiary/aromatic N) is 1. The van der Waals surface area contributed by atoms with Crippen LogP contribution in [0.2, 0.25) is 0 Å². The van der Waals surface area contributed by atoms with Crippen molar-refractivity contribution in [3.8, 4) is 0 Å². The second-order valence-electron chi connectivity index (χ2n) is 7.50. The van der Waals surface area contributed by atoms with Crippen LogP contribution in [-0.2, 0) is 6.42 Å². The smallest absolute Gasteiger partial charge is 0.0402 e. The summed E-state index contributed by atoms with van der Waals surface area (Å²) in [6.07, 6.45) is 2.40. The van der Waals surface area contributed by atoms with Gasteiger partial charge in [-0.05, 0) is 49.3 Å². The van der Waals surface area contributed by atoms with Crippen LogP contribution in [0.5, 0.6) is 0 Å². The van der Waals surface area contributed by atoms with Crippen molar-refractivity contribution < 1.29 is 0 Å². The molecule has 0 saturated heterocycles. The van der Waals surface area contributed by atoms with Gasteiger partial charge in [0.15, 0.2) is 0 Å². The molecule has 118 valence electrons. The predicted octanol–water partition coefficient (Wildman–Crippen LogP) is 4.10. The molecule has 0 amide bonds. The molecule has 2 rings (SSSR count). The van der Waals surface area contributed by atoms with E-state index in [1.807, 2.05) is 0 Å². The fourth-order valence-electron chi connectivity index (χ4n) is 3.24.